The molecule has 0 bridgehead atoms. The fourth-order valence-corrected chi connectivity index (χ4v) is 9.26. The normalized spacial score (nSPS) is 13.1. The largest absolute Gasteiger partial charge is 0.455 e. The lowest BCUT2D eigenvalue weighted by molar-refractivity contribution is 0.112. The van der Waals surface area contributed by atoms with Gasteiger partial charge in [0.05, 0.1) is 6.61 Å². The smallest absolute Gasteiger partial charge is 0.178 e. The van der Waals surface area contributed by atoms with Crippen LogP contribution < -0.4 is 0 Å². The molecule has 0 aliphatic carbocycles. The fourth-order valence-electron chi connectivity index (χ4n) is 1.71. The standard InChI is InChI=1S/C12H30OSi2.C8H8O2/c1-11(2,3)14(7,8)13-15(9,10)12(4,5)6;9-5-7-2-1-3-8(4-7)6-10/h1-10H3;1-5,10H,6H2. The van der Waals surface area contributed by atoms with Gasteiger partial charge in [-0.3, -0.25) is 4.79 Å². The lowest BCUT2D eigenvalue weighted by Gasteiger charge is -2.47. The van der Waals surface area contributed by atoms with Crippen LogP contribution in [-0.4, -0.2) is 28.0 Å². The third-order valence-corrected chi connectivity index (χ3v) is 16.7. The quantitative estimate of drug-likeness (QED) is 0.513. The van der Waals surface area contributed by atoms with E-state index in [0.29, 0.717) is 15.6 Å². The first-order chi connectivity index (χ1) is 11.1. The second-order valence-electron chi connectivity index (χ2n) is 9.64. The van der Waals surface area contributed by atoms with Crippen molar-refractivity contribution in [3.8, 4) is 0 Å². The van der Waals surface area contributed by atoms with Crippen LogP contribution in [0.2, 0.25) is 36.3 Å². The Morgan fingerprint density at radius 2 is 1.40 bits per heavy atom. The zero-order valence-electron chi connectivity index (χ0n) is 17.9. The average Bonchev–Trinajstić information content (AvgIpc) is 2.44. The molecule has 3 nitrogen and oxygen atoms in total. The molecule has 1 aromatic carbocycles. The molecule has 0 fully saturated rings. The minimum absolute atomic E-state index is 0.0122. The second-order valence-corrected chi connectivity index (χ2v) is 19.5. The number of aliphatic hydroxyl groups is 1. The van der Waals surface area contributed by atoms with Crippen molar-refractivity contribution >= 4 is 22.9 Å². The highest BCUT2D eigenvalue weighted by Crippen LogP contribution is 2.44. The van der Waals surface area contributed by atoms with Crippen molar-refractivity contribution in [2.45, 2.75) is 84.4 Å². The van der Waals surface area contributed by atoms with Gasteiger partial charge in [-0.15, -0.1) is 0 Å². The van der Waals surface area contributed by atoms with E-state index in [1.165, 1.54) is 0 Å². The lowest BCUT2D eigenvalue weighted by atomic mass is 10.1. The summed E-state index contributed by atoms with van der Waals surface area (Å²) in [5.41, 5.74) is 1.37. The predicted octanol–water partition coefficient (Wildman–Crippen LogP) is 6.00. The van der Waals surface area contributed by atoms with Gasteiger partial charge in [-0.05, 0) is 47.9 Å². The van der Waals surface area contributed by atoms with Crippen molar-refractivity contribution in [2.75, 3.05) is 0 Å². The summed E-state index contributed by atoms with van der Waals surface area (Å²) in [7, 11) is -3.18. The van der Waals surface area contributed by atoms with E-state index in [-0.39, 0.29) is 6.61 Å². The third kappa shape index (κ3) is 7.56. The first-order valence-corrected chi connectivity index (χ1v) is 14.7. The van der Waals surface area contributed by atoms with Crippen molar-refractivity contribution < 1.29 is 14.0 Å². The Balaban J connectivity index is 0.000000496. The van der Waals surface area contributed by atoms with E-state index in [1.54, 1.807) is 24.3 Å². The SMILES string of the molecule is CC(C)(C)[Si](C)(C)O[Si](C)(C)C(C)(C)C.O=Cc1cccc(CO)c1. The van der Waals surface area contributed by atoms with Crippen LogP contribution in [0, 0.1) is 0 Å². The van der Waals surface area contributed by atoms with Crippen molar-refractivity contribution in [2.24, 2.45) is 0 Å². The van der Waals surface area contributed by atoms with Crippen LogP contribution in [0.1, 0.15) is 57.5 Å². The number of aliphatic hydroxyl groups excluding tert-OH is 1. The molecule has 25 heavy (non-hydrogen) atoms. The van der Waals surface area contributed by atoms with Crippen LogP contribution in [0.4, 0.5) is 0 Å². The molecule has 1 N–H and O–H groups in total. The van der Waals surface area contributed by atoms with Crippen LogP contribution in [0.15, 0.2) is 24.3 Å². The van der Waals surface area contributed by atoms with Crippen LogP contribution in [-0.2, 0) is 10.7 Å². The molecule has 0 radical (unpaired) electrons. The maximum absolute atomic E-state index is 10.2. The van der Waals surface area contributed by atoms with Gasteiger partial charge >= 0.3 is 0 Å². The fraction of sp³-hybridized carbons (Fsp3) is 0.650. The summed E-state index contributed by atoms with van der Waals surface area (Å²) in [4.78, 5) is 10.2. The molecule has 0 spiro atoms. The first kappa shape index (κ1) is 24.2. The summed E-state index contributed by atoms with van der Waals surface area (Å²) in [6.07, 6.45) is 0.763. The third-order valence-electron chi connectivity index (χ3n) is 5.39. The topological polar surface area (TPSA) is 46.5 Å². The molecule has 0 atom stereocenters. The van der Waals surface area contributed by atoms with Crippen molar-refractivity contribution in [3.63, 3.8) is 0 Å². The van der Waals surface area contributed by atoms with Crippen LogP contribution in [0.3, 0.4) is 0 Å². The van der Waals surface area contributed by atoms with Gasteiger partial charge in [-0.2, -0.15) is 0 Å². The molecular formula is C20H38O3Si2. The van der Waals surface area contributed by atoms with E-state index in [1.807, 2.05) is 0 Å². The summed E-state index contributed by atoms with van der Waals surface area (Å²) in [6.45, 7) is 23.3. The molecule has 0 saturated carbocycles. The van der Waals surface area contributed by atoms with Crippen molar-refractivity contribution in [1.82, 2.24) is 0 Å². The van der Waals surface area contributed by atoms with Gasteiger partial charge in [0.1, 0.15) is 6.29 Å². The van der Waals surface area contributed by atoms with E-state index in [4.69, 9.17) is 9.22 Å². The highest BCUT2D eigenvalue weighted by atomic mass is 28.4. The van der Waals surface area contributed by atoms with Gasteiger partial charge < -0.3 is 9.22 Å². The Morgan fingerprint density at radius 1 is 0.960 bits per heavy atom. The molecule has 0 amide bonds. The predicted molar refractivity (Wildman–Crippen MR) is 113 cm³/mol. The number of rotatable bonds is 4. The number of hydrogen-bond donors (Lipinski definition) is 1. The summed E-state index contributed by atoms with van der Waals surface area (Å²) >= 11 is 0. The van der Waals surface area contributed by atoms with Crippen molar-refractivity contribution in [3.05, 3.63) is 35.4 Å². The molecule has 0 aromatic heterocycles. The highest BCUT2D eigenvalue weighted by molar-refractivity contribution is 6.87. The Bertz CT molecular complexity index is 529. The minimum Gasteiger partial charge on any atom is -0.455 e. The molecule has 1 aromatic rings. The summed E-state index contributed by atoms with van der Waals surface area (Å²) < 4.78 is 6.63. The Labute approximate surface area is 157 Å². The van der Waals surface area contributed by atoms with Gasteiger partial charge in [0.15, 0.2) is 16.6 Å². The molecule has 0 aliphatic heterocycles. The Hall–Kier alpha value is -0.756. The molecule has 0 saturated heterocycles. The van der Waals surface area contributed by atoms with E-state index in [0.717, 1.165) is 11.8 Å². The number of aldehydes is 1. The van der Waals surface area contributed by atoms with Gasteiger partial charge in [0, 0.05) is 5.56 Å². The summed E-state index contributed by atoms with van der Waals surface area (Å²) in [5, 5.41) is 9.29. The Morgan fingerprint density at radius 3 is 1.72 bits per heavy atom. The highest BCUT2D eigenvalue weighted by Gasteiger charge is 2.46. The number of benzene rings is 1. The molecule has 0 aliphatic rings. The van der Waals surface area contributed by atoms with E-state index < -0.39 is 16.6 Å². The van der Waals surface area contributed by atoms with Gasteiger partial charge in [-0.1, -0.05) is 59.7 Å². The molecule has 1 rings (SSSR count). The monoisotopic (exact) mass is 382 g/mol. The number of carbonyl (C=O) groups is 1. The average molecular weight is 383 g/mol. The van der Waals surface area contributed by atoms with Gasteiger partial charge in [-0.25, -0.2) is 0 Å². The van der Waals surface area contributed by atoms with Crippen LogP contribution in [0.5, 0.6) is 0 Å². The van der Waals surface area contributed by atoms with E-state index in [9.17, 15) is 4.79 Å². The maximum atomic E-state index is 10.2. The van der Waals surface area contributed by atoms with Gasteiger partial charge in [0.25, 0.3) is 0 Å². The van der Waals surface area contributed by atoms with E-state index in [2.05, 4.69) is 67.7 Å². The lowest BCUT2D eigenvalue weighted by Crippen LogP contribution is -2.53. The summed E-state index contributed by atoms with van der Waals surface area (Å²) in [6, 6.07) is 6.88. The zero-order valence-corrected chi connectivity index (χ0v) is 19.9. The number of carbonyl (C=O) groups excluding carboxylic acids is 1. The number of hydrogen-bond acceptors (Lipinski definition) is 3. The molecule has 0 unspecified atom stereocenters. The van der Waals surface area contributed by atoms with Gasteiger partial charge in [0.2, 0.25) is 0 Å². The zero-order chi connectivity index (χ0) is 20.1. The maximum Gasteiger partial charge on any atom is 0.178 e. The molecular weight excluding hydrogens is 344 g/mol. The van der Waals surface area contributed by atoms with Crippen LogP contribution in [0.25, 0.3) is 0 Å². The first-order valence-electron chi connectivity index (χ1n) is 8.92. The van der Waals surface area contributed by atoms with Crippen LogP contribution >= 0.6 is 0 Å². The van der Waals surface area contributed by atoms with E-state index >= 15 is 0 Å². The molecule has 0 heterocycles. The summed E-state index contributed by atoms with van der Waals surface area (Å²) in [5.74, 6) is 0. The molecule has 144 valence electrons. The molecule has 5 heteroatoms. The van der Waals surface area contributed by atoms with Crippen molar-refractivity contribution in [1.29, 1.82) is 0 Å². The second kappa shape index (κ2) is 8.76. The Kier molecular flexibility index (Phi) is 8.49. The minimum atomic E-state index is -1.59.